The van der Waals surface area contributed by atoms with Crippen LogP contribution in [0.1, 0.15) is 47.9 Å². The van der Waals surface area contributed by atoms with Crippen molar-refractivity contribution >= 4 is 11.6 Å². The molecule has 2 bridgehead atoms. The maximum atomic E-state index is 13.4. The molecule has 1 N–H and O–H groups in total. The Morgan fingerprint density at radius 2 is 1.90 bits per heavy atom. The predicted octanol–water partition coefficient (Wildman–Crippen LogP) is 4.61. The zero-order valence-corrected chi connectivity index (χ0v) is 22.9. The molecule has 1 saturated heterocycles. The number of hydrogen-bond donors (Lipinski definition) is 1. The van der Waals surface area contributed by atoms with E-state index in [0.29, 0.717) is 29.7 Å². The molecule has 2 aliphatic heterocycles. The van der Waals surface area contributed by atoms with Crippen LogP contribution in [0.4, 0.5) is 18.9 Å². The number of benzene rings is 2. The first-order valence-electron chi connectivity index (χ1n) is 13.8. The third-order valence-corrected chi connectivity index (χ3v) is 9.95. The lowest BCUT2D eigenvalue weighted by molar-refractivity contribution is -0.140. The molecule has 2 aromatic carbocycles. The molecule has 2 heterocycles. The van der Waals surface area contributed by atoms with Gasteiger partial charge < -0.3 is 24.5 Å². The van der Waals surface area contributed by atoms with E-state index in [1.807, 2.05) is 27.2 Å². The fraction of sp³-hybridized carbons (Fsp3) is 0.567. The van der Waals surface area contributed by atoms with Gasteiger partial charge in [0.1, 0.15) is 6.10 Å². The van der Waals surface area contributed by atoms with Gasteiger partial charge in [0.2, 0.25) is 5.91 Å². The van der Waals surface area contributed by atoms with E-state index in [-0.39, 0.29) is 35.6 Å². The van der Waals surface area contributed by atoms with E-state index < -0.39 is 11.7 Å². The third-order valence-electron chi connectivity index (χ3n) is 9.95. The molecule has 2 fully saturated rings. The minimum atomic E-state index is -4.38. The topological polar surface area (TPSA) is 56.3 Å². The summed E-state index contributed by atoms with van der Waals surface area (Å²) in [6.45, 7) is 0.936. The number of anilines is 1. The molecular weight excluding hydrogens is 507 g/mol. The smallest absolute Gasteiger partial charge is 0.416 e. The van der Waals surface area contributed by atoms with E-state index >= 15 is 0 Å². The SMILES string of the molecule is CN(C)c1cc(O)c2c3c1C[C@@H]1[C@@H]4CC[C@@H](N(C)C(=O)CCc5ccc(C(F)(F)F)cc5)[C@H](O2)[C@]34CCN1C. The summed E-state index contributed by atoms with van der Waals surface area (Å²) in [5, 5.41) is 11.1. The zero-order chi connectivity index (χ0) is 27.9. The van der Waals surface area contributed by atoms with Crippen LogP contribution in [0.15, 0.2) is 30.3 Å². The molecule has 1 spiro atoms. The number of aryl methyl sites for hydroxylation is 1. The van der Waals surface area contributed by atoms with Crippen molar-refractivity contribution in [2.75, 3.05) is 39.6 Å². The van der Waals surface area contributed by atoms with Gasteiger partial charge in [-0.2, -0.15) is 13.2 Å². The second kappa shape index (κ2) is 9.04. The van der Waals surface area contributed by atoms with Crippen LogP contribution in [-0.2, 0) is 29.2 Å². The first kappa shape index (κ1) is 26.3. The lowest BCUT2D eigenvalue weighted by Crippen LogP contribution is -2.68. The summed E-state index contributed by atoms with van der Waals surface area (Å²) in [7, 11) is 8.03. The van der Waals surface area contributed by atoms with E-state index in [1.54, 1.807) is 4.90 Å². The third kappa shape index (κ3) is 3.90. The summed E-state index contributed by atoms with van der Waals surface area (Å²) in [6.07, 6.45) is -0.420. The van der Waals surface area contributed by atoms with Crippen molar-refractivity contribution in [3.8, 4) is 11.5 Å². The number of halogens is 3. The number of likely N-dealkylation sites (tertiary alicyclic amines) is 1. The largest absolute Gasteiger partial charge is 0.504 e. The van der Waals surface area contributed by atoms with E-state index in [9.17, 15) is 23.1 Å². The molecule has 2 aliphatic carbocycles. The number of carbonyl (C=O) groups excluding carboxylic acids is 1. The Morgan fingerprint density at radius 3 is 2.56 bits per heavy atom. The Morgan fingerprint density at radius 1 is 1.18 bits per heavy atom. The number of nitrogens with zero attached hydrogens (tertiary/aromatic N) is 3. The number of carbonyl (C=O) groups is 1. The minimum Gasteiger partial charge on any atom is -0.504 e. The normalized spacial score (nSPS) is 29.0. The molecule has 39 heavy (non-hydrogen) atoms. The molecule has 4 aliphatic rings. The first-order valence-corrected chi connectivity index (χ1v) is 13.8. The van der Waals surface area contributed by atoms with E-state index in [4.69, 9.17) is 4.74 Å². The number of alkyl halides is 3. The van der Waals surface area contributed by atoms with E-state index in [2.05, 4.69) is 16.8 Å². The van der Waals surface area contributed by atoms with Crippen LogP contribution in [0.25, 0.3) is 0 Å². The molecule has 0 radical (unpaired) electrons. The molecule has 2 aromatic rings. The summed E-state index contributed by atoms with van der Waals surface area (Å²) in [6, 6.07) is 7.08. The monoisotopic (exact) mass is 543 g/mol. The first-order chi connectivity index (χ1) is 18.4. The second-order valence-corrected chi connectivity index (χ2v) is 12.0. The van der Waals surface area contributed by atoms with Gasteiger partial charge in [-0.25, -0.2) is 0 Å². The molecule has 9 heteroatoms. The van der Waals surface area contributed by atoms with Crippen LogP contribution < -0.4 is 9.64 Å². The van der Waals surface area contributed by atoms with Gasteiger partial charge >= 0.3 is 6.18 Å². The maximum absolute atomic E-state index is 13.4. The molecular formula is C30H36F3N3O3. The van der Waals surface area contributed by atoms with Crippen LogP contribution in [0.2, 0.25) is 0 Å². The number of ether oxygens (including phenoxy) is 1. The highest BCUT2D eigenvalue weighted by molar-refractivity contribution is 5.77. The van der Waals surface area contributed by atoms with Crippen LogP contribution in [-0.4, -0.2) is 73.7 Å². The fourth-order valence-corrected chi connectivity index (χ4v) is 8.04. The number of amides is 1. The zero-order valence-electron chi connectivity index (χ0n) is 22.9. The van der Waals surface area contributed by atoms with Gasteiger partial charge in [0.05, 0.1) is 11.6 Å². The van der Waals surface area contributed by atoms with Crippen LogP contribution in [0, 0.1) is 5.92 Å². The van der Waals surface area contributed by atoms with Gasteiger partial charge in [-0.15, -0.1) is 0 Å². The van der Waals surface area contributed by atoms with Crippen molar-refractivity contribution in [2.45, 2.75) is 68.3 Å². The Hall–Kier alpha value is -2.94. The molecule has 0 aromatic heterocycles. The summed E-state index contributed by atoms with van der Waals surface area (Å²) >= 11 is 0. The standard InChI is InChI=1S/C30H36F3N3O3/c1-34(2)22-16-24(37)27-26-19(22)15-23-20-10-11-21(28(39-27)29(20,26)13-14-35(23)3)36(4)25(38)12-7-17-5-8-18(9-6-17)30(31,32)33/h5-6,8-9,16,20-21,23,28,37H,7,10-15H2,1-4H3/t20-,21+,23+,28-,29-/m0/s1. The molecule has 6 nitrogen and oxygen atoms in total. The van der Waals surface area contributed by atoms with Crippen LogP contribution >= 0.6 is 0 Å². The van der Waals surface area contributed by atoms with Gasteiger partial charge in [-0.05, 0) is 74.9 Å². The van der Waals surface area contributed by atoms with Gasteiger partial charge in [0.15, 0.2) is 11.5 Å². The number of piperidine rings is 1. The number of aromatic hydroxyl groups is 1. The van der Waals surface area contributed by atoms with Crippen molar-refractivity contribution < 1.29 is 27.8 Å². The number of rotatable bonds is 5. The van der Waals surface area contributed by atoms with Crippen molar-refractivity contribution in [2.24, 2.45) is 5.92 Å². The minimum absolute atomic E-state index is 0.0481. The maximum Gasteiger partial charge on any atom is 0.416 e. The van der Waals surface area contributed by atoms with Crippen LogP contribution in [0.5, 0.6) is 11.5 Å². The lowest BCUT2D eigenvalue weighted by Gasteiger charge is -2.60. The molecule has 0 unspecified atom stereocenters. The molecule has 1 saturated carbocycles. The van der Waals surface area contributed by atoms with E-state index in [0.717, 1.165) is 55.6 Å². The molecule has 5 atom stereocenters. The quantitative estimate of drug-likeness (QED) is 0.597. The highest BCUT2D eigenvalue weighted by atomic mass is 19.4. The van der Waals surface area contributed by atoms with Gasteiger partial charge in [0, 0.05) is 56.3 Å². The average Bonchev–Trinajstić information content (AvgIpc) is 3.24. The molecule has 210 valence electrons. The lowest BCUT2D eigenvalue weighted by atomic mass is 9.51. The van der Waals surface area contributed by atoms with E-state index in [1.165, 1.54) is 17.7 Å². The summed E-state index contributed by atoms with van der Waals surface area (Å²) < 4.78 is 45.4. The van der Waals surface area contributed by atoms with Crippen LogP contribution in [0.3, 0.4) is 0 Å². The molecule has 1 amide bonds. The highest BCUT2D eigenvalue weighted by Gasteiger charge is 2.66. The highest BCUT2D eigenvalue weighted by Crippen LogP contribution is 2.65. The number of likely N-dealkylation sites (N-methyl/N-ethyl adjacent to an activating group) is 2. The van der Waals surface area contributed by atoms with Gasteiger partial charge in [0.25, 0.3) is 0 Å². The van der Waals surface area contributed by atoms with Crippen molar-refractivity contribution in [3.05, 3.63) is 52.6 Å². The Labute approximate surface area is 227 Å². The van der Waals surface area contributed by atoms with Crippen molar-refractivity contribution in [3.63, 3.8) is 0 Å². The summed E-state index contributed by atoms with van der Waals surface area (Å²) in [4.78, 5) is 19.8. The predicted molar refractivity (Wildman–Crippen MR) is 142 cm³/mol. The van der Waals surface area contributed by atoms with Gasteiger partial charge in [-0.1, -0.05) is 12.1 Å². The van der Waals surface area contributed by atoms with Crippen molar-refractivity contribution in [1.29, 1.82) is 0 Å². The number of phenols is 1. The van der Waals surface area contributed by atoms with Crippen molar-refractivity contribution in [1.82, 2.24) is 9.80 Å². The average molecular weight is 544 g/mol. The second-order valence-electron chi connectivity index (χ2n) is 12.0. The number of hydrogen-bond acceptors (Lipinski definition) is 5. The number of phenolic OH excluding ortho intramolecular Hbond substituents is 1. The summed E-state index contributed by atoms with van der Waals surface area (Å²) in [5.74, 6) is 1.09. The van der Waals surface area contributed by atoms with Gasteiger partial charge in [-0.3, -0.25) is 4.79 Å². The Bertz CT molecular complexity index is 1300. The Kier molecular flexibility index (Phi) is 6.10. The fourth-order valence-electron chi connectivity index (χ4n) is 8.04. The molecule has 6 rings (SSSR count). The Balaban J connectivity index is 1.28. The summed E-state index contributed by atoms with van der Waals surface area (Å²) in [5.41, 5.74) is 3.19.